The molecule has 0 saturated carbocycles. The van der Waals surface area contributed by atoms with E-state index in [1.165, 1.54) is 6.07 Å². The number of likely N-dealkylation sites (N-methyl/N-ethyl adjacent to an activating group) is 1. The maximum Gasteiger partial charge on any atom is 0.241 e. The molecule has 5 nitrogen and oxygen atoms in total. The maximum absolute atomic E-state index is 12.6. The summed E-state index contributed by atoms with van der Waals surface area (Å²) in [7, 11) is 0.151. The van der Waals surface area contributed by atoms with Crippen LogP contribution >= 0.6 is 11.6 Å². The van der Waals surface area contributed by atoms with Crippen LogP contribution < -0.4 is 10.5 Å². The van der Waals surface area contributed by atoms with Crippen molar-refractivity contribution in [3.8, 4) is 0 Å². The van der Waals surface area contributed by atoms with E-state index in [-0.39, 0.29) is 16.9 Å². The van der Waals surface area contributed by atoms with E-state index < -0.39 is 10.0 Å². The Morgan fingerprint density at radius 2 is 1.90 bits per heavy atom. The van der Waals surface area contributed by atoms with Crippen molar-refractivity contribution < 1.29 is 8.42 Å². The molecule has 0 spiro atoms. The predicted octanol–water partition coefficient (Wildman–Crippen LogP) is 2.10. The highest BCUT2D eigenvalue weighted by Crippen LogP contribution is 2.26. The molecule has 0 amide bonds. The van der Waals surface area contributed by atoms with Crippen molar-refractivity contribution in [2.75, 3.05) is 26.4 Å². The monoisotopic (exact) mass is 333 g/mol. The first-order valence-corrected chi connectivity index (χ1v) is 8.63. The molecule has 0 aliphatic carbocycles. The van der Waals surface area contributed by atoms with E-state index in [4.69, 9.17) is 17.3 Å². The van der Waals surface area contributed by atoms with Crippen molar-refractivity contribution in [1.82, 2.24) is 9.62 Å². The van der Waals surface area contributed by atoms with Crippen molar-refractivity contribution in [2.24, 2.45) is 5.92 Å². The molecule has 1 atom stereocenters. The molecule has 1 rings (SSSR count). The van der Waals surface area contributed by atoms with Gasteiger partial charge in [-0.15, -0.1) is 0 Å². The third kappa shape index (κ3) is 4.85. The second-order valence-electron chi connectivity index (χ2n) is 5.85. The van der Waals surface area contributed by atoms with Gasteiger partial charge in [-0.05, 0) is 44.6 Å². The molecular formula is C14H24ClN3O2S. The van der Waals surface area contributed by atoms with Crippen LogP contribution in [-0.4, -0.2) is 40.0 Å². The first-order valence-electron chi connectivity index (χ1n) is 6.77. The van der Waals surface area contributed by atoms with Crippen molar-refractivity contribution >= 4 is 27.3 Å². The molecule has 0 fully saturated rings. The Hall–Kier alpha value is -0.820. The molecule has 0 saturated heterocycles. The summed E-state index contributed by atoms with van der Waals surface area (Å²) in [5.74, 6) is 0.166. The van der Waals surface area contributed by atoms with Crippen molar-refractivity contribution in [3.05, 3.63) is 22.7 Å². The Morgan fingerprint density at radius 1 is 1.33 bits per heavy atom. The third-order valence-electron chi connectivity index (χ3n) is 3.33. The summed E-state index contributed by atoms with van der Waals surface area (Å²) in [6.45, 7) is 6.26. The molecule has 0 aromatic heterocycles. The van der Waals surface area contributed by atoms with E-state index in [1.807, 2.05) is 32.8 Å². The molecule has 1 unspecified atom stereocenters. The molecule has 120 valence electrons. The molecule has 21 heavy (non-hydrogen) atoms. The molecular weight excluding hydrogens is 310 g/mol. The number of hydrogen-bond donors (Lipinski definition) is 2. The molecule has 0 aliphatic heterocycles. The Balaban J connectivity index is 3.16. The van der Waals surface area contributed by atoms with Crippen LogP contribution in [0.15, 0.2) is 17.0 Å². The van der Waals surface area contributed by atoms with Crippen LogP contribution in [0.2, 0.25) is 5.02 Å². The van der Waals surface area contributed by atoms with Gasteiger partial charge in [0.15, 0.2) is 0 Å². The Morgan fingerprint density at radius 3 is 2.38 bits per heavy atom. The molecule has 3 N–H and O–H groups in total. The van der Waals surface area contributed by atoms with E-state index in [1.54, 1.807) is 13.0 Å². The smallest absolute Gasteiger partial charge is 0.241 e. The molecule has 7 heteroatoms. The van der Waals surface area contributed by atoms with Crippen LogP contribution in [0.25, 0.3) is 0 Å². The van der Waals surface area contributed by atoms with Gasteiger partial charge in [0, 0.05) is 23.3 Å². The van der Waals surface area contributed by atoms with Crippen LogP contribution in [0.5, 0.6) is 0 Å². The number of nitrogens with one attached hydrogen (secondary N) is 1. The molecule has 0 aliphatic rings. The molecule has 1 aromatic rings. The van der Waals surface area contributed by atoms with Crippen LogP contribution in [0.4, 0.5) is 5.69 Å². The number of hydrogen-bond acceptors (Lipinski definition) is 4. The van der Waals surface area contributed by atoms with Gasteiger partial charge in [0.1, 0.15) is 0 Å². The SMILES string of the molecule is Cc1c(N)cc(Cl)cc1S(=O)(=O)NC(CN(C)C)C(C)C. The Bertz CT molecular complexity index is 600. The Kier molecular flexibility index (Phi) is 6.04. The van der Waals surface area contributed by atoms with Gasteiger partial charge in [-0.3, -0.25) is 0 Å². The number of nitrogen functional groups attached to an aromatic ring is 1. The highest BCUT2D eigenvalue weighted by Gasteiger charge is 2.25. The van der Waals surface area contributed by atoms with Gasteiger partial charge in [-0.1, -0.05) is 25.4 Å². The maximum atomic E-state index is 12.6. The van der Waals surface area contributed by atoms with Gasteiger partial charge in [-0.25, -0.2) is 13.1 Å². The highest BCUT2D eigenvalue weighted by atomic mass is 35.5. The third-order valence-corrected chi connectivity index (χ3v) is 5.16. The highest BCUT2D eigenvalue weighted by molar-refractivity contribution is 7.89. The zero-order valence-electron chi connectivity index (χ0n) is 13.1. The number of sulfonamides is 1. The van der Waals surface area contributed by atoms with Gasteiger partial charge < -0.3 is 10.6 Å². The lowest BCUT2D eigenvalue weighted by molar-refractivity contribution is 0.314. The number of halogens is 1. The van der Waals surface area contributed by atoms with Crippen molar-refractivity contribution in [1.29, 1.82) is 0 Å². The van der Waals surface area contributed by atoms with E-state index >= 15 is 0 Å². The minimum absolute atomic E-state index is 0.136. The summed E-state index contributed by atoms with van der Waals surface area (Å²) in [4.78, 5) is 2.09. The minimum Gasteiger partial charge on any atom is -0.398 e. The second kappa shape index (κ2) is 6.96. The average Bonchev–Trinajstić information content (AvgIpc) is 2.31. The van der Waals surface area contributed by atoms with E-state index in [0.29, 0.717) is 22.8 Å². The Labute approximate surface area is 132 Å². The molecule has 0 bridgehead atoms. The van der Waals surface area contributed by atoms with Gasteiger partial charge in [0.25, 0.3) is 0 Å². The van der Waals surface area contributed by atoms with Gasteiger partial charge in [-0.2, -0.15) is 0 Å². The number of anilines is 1. The molecule has 0 radical (unpaired) electrons. The first kappa shape index (κ1) is 18.2. The molecule has 1 aromatic carbocycles. The van der Waals surface area contributed by atoms with Crippen LogP contribution in [0.1, 0.15) is 19.4 Å². The minimum atomic E-state index is -3.67. The fourth-order valence-electron chi connectivity index (χ4n) is 1.99. The fraction of sp³-hybridized carbons (Fsp3) is 0.571. The topological polar surface area (TPSA) is 75.4 Å². The lowest BCUT2D eigenvalue weighted by Gasteiger charge is -2.26. The summed E-state index contributed by atoms with van der Waals surface area (Å²) in [5.41, 5.74) is 6.69. The summed E-state index contributed by atoms with van der Waals surface area (Å²) in [6.07, 6.45) is 0. The van der Waals surface area contributed by atoms with Gasteiger partial charge in [0.2, 0.25) is 10.0 Å². The van der Waals surface area contributed by atoms with Crippen molar-refractivity contribution in [3.63, 3.8) is 0 Å². The quantitative estimate of drug-likeness (QED) is 0.782. The summed E-state index contributed by atoms with van der Waals surface area (Å²) < 4.78 is 28.0. The predicted molar refractivity (Wildman–Crippen MR) is 88.1 cm³/mol. The largest absolute Gasteiger partial charge is 0.398 e. The summed E-state index contributed by atoms with van der Waals surface area (Å²) in [5, 5.41) is 0.312. The summed E-state index contributed by atoms with van der Waals surface area (Å²) in [6, 6.07) is 2.79. The van der Waals surface area contributed by atoms with Crippen LogP contribution in [0, 0.1) is 12.8 Å². The first-order chi connectivity index (χ1) is 9.54. The zero-order valence-corrected chi connectivity index (χ0v) is 14.7. The lowest BCUT2D eigenvalue weighted by atomic mass is 10.1. The zero-order chi connectivity index (χ0) is 16.4. The average molecular weight is 334 g/mol. The summed E-state index contributed by atoms with van der Waals surface area (Å²) >= 11 is 5.93. The van der Waals surface area contributed by atoms with E-state index in [2.05, 4.69) is 4.72 Å². The van der Waals surface area contributed by atoms with E-state index in [0.717, 1.165) is 0 Å². The normalized spacial score (nSPS) is 13.9. The van der Waals surface area contributed by atoms with Crippen LogP contribution in [0.3, 0.4) is 0 Å². The molecule has 0 heterocycles. The lowest BCUT2D eigenvalue weighted by Crippen LogP contribution is -2.45. The fourth-order valence-corrected chi connectivity index (χ4v) is 3.96. The number of benzene rings is 1. The number of rotatable bonds is 6. The van der Waals surface area contributed by atoms with Gasteiger partial charge >= 0.3 is 0 Å². The second-order valence-corrected chi connectivity index (χ2v) is 7.97. The number of nitrogens with zero attached hydrogens (tertiary/aromatic N) is 1. The number of nitrogens with two attached hydrogens (primary N) is 1. The van der Waals surface area contributed by atoms with E-state index in [9.17, 15) is 8.42 Å². The van der Waals surface area contributed by atoms with Crippen LogP contribution in [-0.2, 0) is 10.0 Å². The van der Waals surface area contributed by atoms with Gasteiger partial charge in [0.05, 0.1) is 4.90 Å². The van der Waals surface area contributed by atoms with Crippen molar-refractivity contribution in [2.45, 2.75) is 31.7 Å². The standard InChI is InChI=1S/C14H24ClN3O2S/c1-9(2)13(8-18(4)5)17-21(19,20)14-7-11(15)6-12(16)10(14)3/h6-7,9,13,17H,8,16H2,1-5H3.